The molecular formula is C25H21Cl2N3O3S. The molecule has 2 N–H and O–H groups in total. The second-order valence-electron chi connectivity index (χ2n) is 7.85. The van der Waals surface area contributed by atoms with Gasteiger partial charge >= 0.3 is 0 Å². The number of halogens is 2. The Morgan fingerprint density at radius 1 is 1.09 bits per heavy atom. The highest BCUT2D eigenvalue weighted by atomic mass is 35.5. The molecule has 0 fully saturated rings. The van der Waals surface area contributed by atoms with Crippen molar-refractivity contribution >= 4 is 63.2 Å². The van der Waals surface area contributed by atoms with E-state index in [1.807, 2.05) is 24.3 Å². The number of thiocarbonyl (C=S) groups is 1. The summed E-state index contributed by atoms with van der Waals surface area (Å²) in [6, 6.07) is 16.0. The first-order chi connectivity index (χ1) is 16.2. The first kappa shape index (κ1) is 24.0. The molecule has 1 aromatic heterocycles. The fraction of sp³-hybridized carbons (Fsp3) is 0.160. The van der Waals surface area contributed by atoms with Crippen molar-refractivity contribution in [1.29, 1.82) is 0 Å². The normalized spacial score (nSPS) is 11.0. The number of fused-ring (bicyclic) bond motifs is 1. The topological polar surface area (TPSA) is 76.4 Å². The third-order valence-corrected chi connectivity index (χ3v) is 5.93. The van der Waals surface area contributed by atoms with Crippen molar-refractivity contribution in [2.45, 2.75) is 19.8 Å². The number of benzene rings is 3. The van der Waals surface area contributed by atoms with Crippen molar-refractivity contribution < 1.29 is 13.9 Å². The van der Waals surface area contributed by atoms with Crippen LogP contribution >= 0.6 is 35.4 Å². The molecule has 0 saturated carbocycles. The van der Waals surface area contributed by atoms with Crippen molar-refractivity contribution in [3.63, 3.8) is 0 Å². The summed E-state index contributed by atoms with van der Waals surface area (Å²) in [7, 11) is 1.54. The summed E-state index contributed by atoms with van der Waals surface area (Å²) in [6.07, 6.45) is 0. The molecule has 0 aliphatic heterocycles. The van der Waals surface area contributed by atoms with E-state index in [-0.39, 0.29) is 15.7 Å². The van der Waals surface area contributed by atoms with Gasteiger partial charge < -0.3 is 14.5 Å². The highest BCUT2D eigenvalue weighted by Crippen LogP contribution is 2.32. The molecule has 1 amide bonds. The van der Waals surface area contributed by atoms with Crippen LogP contribution in [0, 0.1) is 0 Å². The summed E-state index contributed by atoms with van der Waals surface area (Å²) < 4.78 is 11.4. The summed E-state index contributed by atoms with van der Waals surface area (Å²) >= 11 is 17.4. The van der Waals surface area contributed by atoms with Crippen molar-refractivity contribution in [2.24, 2.45) is 0 Å². The van der Waals surface area contributed by atoms with Crippen LogP contribution in [0.1, 0.15) is 35.7 Å². The zero-order valence-electron chi connectivity index (χ0n) is 18.6. The standard InChI is InChI=1S/C25H21Cl2N3O3S/c1-13(2)14-4-9-22-20(10-14)28-24(33-22)15-5-8-21(32-3)19(11-15)29-25(34)30-23(31)17-7-6-16(26)12-18(17)27/h4-13H,1-3H3,(H2,29,30,31,34). The van der Waals surface area contributed by atoms with E-state index >= 15 is 0 Å². The van der Waals surface area contributed by atoms with Gasteiger partial charge in [-0.2, -0.15) is 0 Å². The van der Waals surface area contributed by atoms with E-state index in [4.69, 9.17) is 44.6 Å². The monoisotopic (exact) mass is 513 g/mol. The van der Waals surface area contributed by atoms with Gasteiger partial charge in [0.05, 0.1) is 23.4 Å². The smallest absolute Gasteiger partial charge is 0.258 e. The minimum atomic E-state index is -0.464. The molecule has 0 bridgehead atoms. The first-order valence-electron chi connectivity index (χ1n) is 10.4. The summed E-state index contributed by atoms with van der Waals surface area (Å²) in [5.74, 6) is 0.919. The Bertz CT molecular complexity index is 1400. The molecule has 0 aliphatic carbocycles. The number of rotatable bonds is 5. The number of methoxy groups -OCH3 is 1. The molecule has 0 unspecified atom stereocenters. The van der Waals surface area contributed by atoms with Crippen LogP contribution in [0.3, 0.4) is 0 Å². The van der Waals surface area contributed by atoms with E-state index in [1.165, 1.54) is 17.7 Å². The highest BCUT2D eigenvalue weighted by molar-refractivity contribution is 7.80. The van der Waals surface area contributed by atoms with E-state index in [1.54, 1.807) is 25.3 Å². The number of ether oxygens (including phenoxy) is 1. The lowest BCUT2D eigenvalue weighted by molar-refractivity contribution is 0.0978. The van der Waals surface area contributed by atoms with Gasteiger partial charge in [-0.1, -0.05) is 43.1 Å². The molecule has 34 heavy (non-hydrogen) atoms. The molecular weight excluding hydrogens is 493 g/mol. The van der Waals surface area contributed by atoms with Crippen LogP contribution in [-0.4, -0.2) is 23.1 Å². The number of nitrogens with zero attached hydrogens (tertiary/aromatic N) is 1. The Hall–Kier alpha value is -3.13. The largest absolute Gasteiger partial charge is 0.495 e. The highest BCUT2D eigenvalue weighted by Gasteiger charge is 2.16. The van der Waals surface area contributed by atoms with E-state index < -0.39 is 5.91 Å². The molecule has 0 radical (unpaired) electrons. The summed E-state index contributed by atoms with van der Waals surface area (Å²) in [4.78, 5) is 17.2. The Labute approximate surface area is 212 Å². The van der Waals surface area contributed by atoms with Gasteiger partial charge in [-0.25, -0.2) is 4.98 Å². The lowest BCUT2D eigenvalue weighted by Crippen LogP contribution is -2.34. The van der Waals surface area contributed by atoms with Crippen LogP contribution in [0.4, 0.5) is 5.69 Å². The maximum absolute atomic E-state index is 12.6. The first-order valence-corrected chi connectivity index (χ1v) is 11.6. The fourth-order valence-corrected chi connectivity index (χ4v) is 4.06. The van der Waals surface area contributed by atoms with Crippen LogP contribution in [0.15, 0.2) is 59.0 Å². The third kappa shape index (κ3) is 5.17. The zero-order valence-corrected chi connectivity index (χ0v) is 20.9. The van der Waals surface area contributed by atoms with Crippen LogP contribution in [0.25, 0.3) is 22.6 Å². The third-order valence-electron chi connectivity index (χ3n) is 5.18. The number of oxazole rings is 1. The fourth-order valence-electron chi connectivity index (χ4n) is 3.36. The molecule has 6 nitrogen and oxygen atoms in total. The van der Waals surface area contributed by atoms with Gasteiger partial charge in [0.25, 0.3) is 5.91 Å². The average Bonchev–Trinajstić information content (AvgIpc) is 3.22. The number of hydrogen-bond acceptors (Lipinski definition) is 5. The van der Waals surface area contributed by atoms with E-state index in [2.05, 4.69) is 29.5 Å². The summed E-state index contributed by atoms with van der Waals surface area (Å²) in [5.41, 5.74) is 4.19. The Balaban J connectivity index is 1.57. The number of aromatic nitrogens is 1. The predicted molar refractivity (Wildman–Crippen MR) is 140 cm³/mol. The number of hydrogen-bond donors (Lipinski definition) is 2. The Morgan fingerprint density at radius 3 is 2.59 bits per heavy atom. The zero-order chi connectivity index (χ0) is 24.4. The van der Waals surface area contributed by atoms with Crippen molar-refractivity contribution in [3.05, 3.63) is 75.8 Å². The number of nitrogens with one attached hydrogen (secondary N) is 2. The minimum absolute atomic E-state index is 0.0746. The molecule has 4 aromatic rings. The Kier molecular flexibility index (Phi) is 7.07. The van der Waals surface area contributed by atoms with Gasteiger partial charge in [0.15, 0.2) is 10.7 Å². The van der Waals surface area contributed by atoms with Crippen molar-refractivity contribution in [1.82, 2.24) is 10.3 Å². The molecule has 0 aliphatic rings. The molecule has 9 heteroatoms. The number of anilines is 1. The quantitative estimate of drug-likeness (QED) is 0.278. The average molecular weight is 514 g/mol. The van der Waals surface area contributed by atoms with Crippen molar-refractivity contribution in [2.75, 3.05) is 12.4 Å². The molecule has 174 valence electrons. The van der Waals surface area contributed by atoms with Gasteiger partial charge in [-0.05, 0) is 72.2 Å². The minimum Gasteiger partial charge on any atom is -0.495 e. The van der Waals surface area contributed by atoms with Gasteiger partial charge in [-0.3, -0.25) is 10.1 Å². The van der Waals surface area contributed by atoms with Crippen molar-refractivity contribution in [3.8, 4) is 17.2 Å². The lowest BCUT2D eigenvalue weighted by atomic mass is 10.0. The number of carbonyl (C=O) groups is 1. The molecule has 0 atom stereocenters. The summed E-state index contributed by atoms with van der Waals surface area (Å²) in [5, 5.41) is 6.34. The van der Waals surface area contributed by atoms with Gasteiger partial charge in [0.1, 0.15) is 11.3 Å². The van der Waals surface area contributed by atoms with Gasteiger partial charge in [0.2, 0.25) is 5.89 Å². The maximum atomic E-state index is 12.6. The lowest BCUT2D eigenvalue weighted by Gasteiger charge is -2.14. The second-order valence-corrected chi connectivity index (χ2v) is 9.10. The van der Waals surface area contributed by atoms with Crippen LogP contribution < -0.4 is 15.4 Å². The summed E-state index contributed by atoms with van der Waals surface area (Å²) in [6.45, 7) is 4.26. The number of carbonyl (C=O) groups excluding carboxylic acids is 1. The molecule has 3 aromatic carbocycles. The van der Waals surface area contributed by atoms with Crippen LogP contribution in [0.5, 0.6) is 5.75 Å². The van der Waals surface area contributed by atoms with Crippen LogP contribution in [0.2, 0.25) is 10.0 Å². The molecule has 1 heterocycles. The second kappa shape index (κ2) is 10.0. The maximum Gasteiger partial charge on any atom is 0.258 e. The number of amides is 1. The van der Waals surface area contributed by atoms with E-state index in [9.17, 15) is 4.79 Å². The molecule has 4 rings (SSSR count). The predicted octanol–water partition coefficient (Wildman–Crippen LogP) is 7.06. The van der Waals surface area contributed by atoms with E-state index in [0.717, 1.165) is 11.1 Å². The van der Waals surface area contributed by atoms with Gasteiger partial charge in [-0.15, -0.1) is 0 Å². The SMILES string of the molecule is COc1ccc(-c2nc3cc(C(C)C)ccc3o2)cc1NC(=S)NC(=O)c1ccc(Cl)cc1Cl. The molecule has 0 saturated heterocycles. The Morgan fingerprint density at radius 2 is 1.88 bits per heavy atom. The van der Waals surface area contributed by atoms with Gasteiger partial charge in [0, 0.05) is 10.6 Å². The van der Waals surface area contributed by atoms with Crippen LogP contribution in [-0.2, 0) is 0 Å². The van der Waals surface area contributed by atoms with E-state index in [0.29, 0.717) is 33.9 Å². The molecule has 0 spiro atoms.